The van der Waals surface area contributed by atoms with E-state index in [0.29, 0.717) is 17.4 Å². The van der Waals surface area contributed by atoms with Crippen LogP contribution in [0.4, 0.5) is 0 Å². The molecule has 0 fully saturated rings. The van der Waals surface area contributed by atoms with Crippen LogP contribution < -0.4 is 0 Å². The standard InChI is InChI=1S/C86H135NO8/c1-6-8-10-12-14-16-18-20-22-24-26-28-30-32-34-36-38-39-40-41-42-43-44-45-47-49-51-53-55-57-59-61-63-65-67-69-71-73-75-77-84(89)95-82(81-94-86(85(90)91)92-79-78-87(3,4)5)80-93-83(88)76-74-72-70-68-66-64-62-60-58-56-54-52-50-48-46-37-35-33-31-29-27-25-23-21-19-17-15-13-11-9-7-2/h8-11,14-17,20-23,26-29,32-35,38-39,41-42,44-46,48-49,51-52,54,58,60,82,86H,6-7,12-13,18-19,24-25,30-31,36-37,40,43,47,50,53,55-57,59,61-81H2,1-5H3/p+1/b10-8-,11-9-,16-14-,17-15-,22-20-,23-21-,28-26-,29-27-,34-32-,35-33-,39-38-,42-41-,45-44-,48-46-,51-49-,54-52-,60-58-. The molecule has 0 aromatic rings. The van der Waals surface area contributed by atoms with Gasteiger partial charge in [0.15, 0.2) is 6.10 Å². The van der Waals surface area contributed by atoms with Crippen LogP contribution in [0, 0.1) is 0 Å². The minimum absolute atomic E-state index is 0.174. The Morgan fingerprint density at radius 3 is 0.842 bits per heavy atom. The molecule has 0 aromatic carbocycles. The number of nitrogens with zero attached hydrogens (tertiary/aromatic N) is 1. The number of esters is 2. The summed E-state index contributed by atoms with van der Waals surface area (Å²) < 4.78 is 23.0. The van der Waals surface area contributed by atoms with Crippen LogP contribution in [0.5, 0.6) is 0 Å². The molecular formula is C86H136NO8+. The number of carbonyl (C=O) groups excluding carboxylic acids is 2. The molecule has 0 radical (unpaired) electrons. The Kier molecular flexibility index (Phi) is 68.9. The van der Waals surface area contributed by atoms with E-state index in [-0.39, 0.29) is 38.6 Å². The molecule has 0 aromatic heterocycles. The van der Waals surface area contributed by atoms with Crippen LogP contribution >= 0.6 is 0 Å². The van der Waals surface area contributed by atoms with Gasteiger partial charge < -0.3 is 28.5 Å². The minimum atomic E-state index is -1.53. The van der Waals surface area contributed by atoms with E-state index in [0.717, 1.165) is 180 Å². The van der Waals surface area contributed by atoms with E-state index in [9.17, 15) is 19.5 Å². The Morgan fingerprint density at radius 2 is 0.568 bits per heavy atom. The molecule has 0 aliphatic heterocycles. The first-order valence-corrected chi connectivity index (χ1v) is 37.2. The molecule has 0 saturated heterocycles. The number of likely N-dealkylation sites (N-methyl/N-ethyl adjacent to an activating group) is 1. The number of rotatable bonds is 66. The summed E-state index contributed by atoms with van der Waals surface area (Å²) >= 11 is 0. The molecule has 0 aliphatic rings. The van der Waals surface area contributed by atoms with Gasteiger partial charge in [0.2, 0.25) is 0 Å². The molecule has 0 heterocycles. The first-order chi connectivity index (χ1) is 46.6. The van der Waals surface area contributed by atoms with Crippen LogP contribution in [-0.4, -0.2) is 87.4 Å². The van der Waals surface area contributed by atoms with Crippen LogP contribution in [-0.2, 0) is 33.3 Å². The predicted octanol–water partition coefficient (Wildman–Crippen LogP) is 23.9. The van der Waals surface area contributed by atoms with Gasteiger partial charge in [-0.2, -0.15) is 0 Å². The number of allylic oxidation sites excluding steroid dienone is 34. The molecule has 0 amide bonds. The summed E-state index contributed by atoms with van der Waals surface area (Å²) in [5, 5.41) is 9.76. The lowest BCUT2D eigenvalue weighted by Gasteiger charge is -2.25. The maximum Gasteiger partial charge on any atom is 0.361 e. The molecule has 0 spiro atoms. The number of quaternary nitrogens is 1. The van der Waals surface area contributed by atoms with Crippen molar-refractivity contribution in [3.05, 3.63) is 207 Å². The van der Waals surface area contributed by atoms with Crippen molar-refractivity contribution in [2.24, 2.45) is 0 Å². The van der Waals surface area contributed by atoms with Crippen LogP contribution in [0.25, 0.3) is 0 Å². The third-order valence-corrected chi connectivity index (χ3v) is 15.0. The number of aliphatic carboxylic acids is 1. The summed E-state index contributed by atoms with van der Waals surface area (Å²) in [7, 11) is 5.96. The third kappa shape index (κ3) is 75.1. The predicted molar refractivity (Wildman–Crippen MR) is 409 cm³/mol. The van der Waals surface area contributed by atoms with Crippen LogP contribution in [0.1, 0.15) is 258 Å². The van der Waals surface area contributed by atoms with Gasteiger partial charge in [-0.25, -0.2) is 4.79 Å². The number of carbonyl (C=O) groups is 3. The van der Waals surface area contributed by atoms with Crippen molar-refractivity contribution in [1.29, 1.82) is 0 Å². The van der Waals surface area contributed by atoms with E-state index in [1.54, 1.807) is 0 Å². The van der Waals surface area contributed by atoms with Gasteiger partial charge in [-0.05, 0) is 148 Å². The van der Waals surface area contributed by atoms with Crippen LogP contribution in [0.2, 0.25) is 0 Å². The lowest BCUT2D eigenvalue weighted by Crippen LogP contribution is -2.40. The van der Waals surface area contributed by atoms with E-state index in [2.05, 4.69) is 220 Å². The van der Waals surface area contributed by atoms with Gasteiger partial charge >= 0.3 is 17.9 Å². The van der Waals surface area contributed by atoms with Crippen LogP contribution in [0.15, 0.2) is 207 Å². The highest BCUT2D eigenvalue weighted by Gasteiger charge is 2.25. The third-order valence-electron chi connectivity index (χ3n) is 15.0. The van der Waals surface area contributed by atoms with E-state index in [4.69, 9.17) is 18.9 Å². The van der Waals surface area contributed by atoms with Crippen molar-refractivity contribution in [2.75, 3.05) is 47.5 Å². The second kappa shape index (κ2) is 73.7. The Bertz CT molecular complexity index is 2320. The molecular weight excluding hydrogens is 1170 g/mol. The summed E-state index contributed by atoms with van der Waals surface area (Å²) in [6, 6.07) is 0. The molecule has 0 aliphatic carbocycles. The molecule has 1 N–H and O–H groups in total. The van der Waals surface area contributed by atoms with E-state index in [1.807, 2.05) is 21.1 Å². The highest BCUT2D eigenvalue weighted by molar-refractivity contribution is 5.71. The Morgan fingerprint density at radius 1 is 0.316 bits per heavy atom. The van der Waals surface area contributed by atoms with Gasteiger partial charge in [0, 0.05) is 12.8 Å². The number of ether oxygens (including phenoxy) is 4. The number of carboxylic acids is 1. The SMILES string of the molecule is CC/C=C\C/C=C\C/C=C\C/C=C\C/C=C\C/C=C\C/C=C\C/C=C\C/C=C\CCCCCCCCCCCCCC(=O)OC(COC(=O)CCCCCCCC/C=C\C/C=C\C/C=C\C/C=C\C/C=C\C/C=C\C/C=C\C/C=C\CC)COC(OCC[N+](C)(C)C)C(=O)O. The average Bonchev–Trinajstić information content (AvgIpc) is 2.92. The second-order valence-corrected chi connectivity index (χ2v) is 25.1. The zero-order chi connectivity index (χ0) is 69.0. The smallest absolute Gasteiger partial charge is 0.361 e. The van der Waals surface area contributed by atoms with Gasteiger partial charge in [0.05, 0.1) is 34.4 Å². The fourth-order valence-electron chi connectivity index (χ4n) is 9.43. The van der Waals surface area contributed by atoms with Gasteiger partial charge in [0.25, 0.3) is 6.29 Å². The lowest BCUT2D eigenvalue weighted by atomic mass is 10.0. The number of hydrogen-bond acceptors (Lipinski definition) is 7. The van der Waals surface area contributed by atoms with Crippen molar-refractivity contribution in [3.63, 3.8) is 0 Å². The zero-order valence-electron chi connectivity index (χ0n) is 60.7. The van der Waals surface area contributed by atoms with Crippen molar-refractivity contribution < 1.29 is 42.9 Å². The number of unbranched alkanes of at least 4 members (excludes halogenated alkanes) is 17. The summed E-state index contributed by atoms with van der Waals surface area (Å²) in [6.45, 7) is 4.61. The molecule has 0 bridgehead atoms. The van der Waals surface area contributed by atoms with Crippen molar-refractivity contribution in [3.8, 4) is 0 Å². The molecule has 9 nitrogen and oxygen atoms in total. The molecule has 2 unspecified atom stereocenters. The normalized spacial score (nSPS) is 13.9. The van der Waals surface area contributed by atoms with E-state index >= 15 is 0 Å². The van der Waals surface area contributed by atoms with Gasteiger partial charge in [0.1, 0.15) is 13.2 Å². The fraction of sp³-hybridized carbons (Fsp3) is 0.570. The van der Waals surface area contributed by atoms with Crippen molar-refractivity contribution in [1.82, 2.24) is 0 Å². The molecule has 2 atom stereocenters. The average molecular weight is 1310 g/mol. The number of hydrogen-bond donors (Lipinski definition) is 1. The maximum atomic E-state index is 13.0. The highest BCUT2D eigenvalue weighted by Crippen LogP contribution is 2.15. The zero-order valence-corrected chi connectivity index (χ0v) is 60.7. The Hall–Kier alpha value is -6.13. The van der Waals surface area contributed by atoms with Gasteiger partial charge in [-0.3, -0.25) is 9.59 Å². The van der Waals surface area contributed by atoms with Crippen LogP contribution in [0.3, 0.4) is 0 Å². The topological polar surface area (TPSA) is 108 Å². The second-order valence-electron chi connectivity index (χ2n) is 25.1. The maximum absolute atomic E-state index is 13.0. The van der Waals surface area contributed by atoms with Gasteiger partial charge in [-0.15, -0.1) is 0 Å². The summed E-state index contributed by atoms with van der Waals surface area (Å²) in [5.74, 6) is -2.05. The quantitative estimate of drug-likeness (QED) is 0.0211. The molecule has 532 valence electrons. The fourth-order valence-corrected chi connectivity index (χ4v) is 9.43. The van der Waals surface area contributed by atoms with Gasteiger partial charge in [-0.1, -0.05) is 304 Å². The molecule has 95 heavy (non-hydrogen) atoms. The summed E-state index contributed by atoms with van der Waals surface area (Å²) in [5.41, 5.74) is 0. The summed E-state index contributed by atoms with van der Waals surface area (Å²) in [4.78, 5) is 37.7. The lowest BCUT2D eigenvalue weighted by molar-refractivity contribution is -0.870. The van der Waals surface area contributed by atoms with E-state index < -0.39 is 24.3 Å². The van der Waals surface area contributed by atoms with Crippen molar-refractivity contribution in [2.45, 2.75) is 270 Å². The molecule has 9 heteroatoms. The van der Waals surface area contributed by atoms with E-state index in [1.165, 1.54) is 44.9 Å². The highest BCUT2D eigenvalue weighted by atomic mass is 16.7. The summed E-state index contributed by atoms with van der Waals surface area (Å²) in [6.07, 6.45) is 112. The first kappa shape index (κ1) is 88.9. The Balaban J connectivity index is 4.20. The Labute approximate surface area is 582 Å². The molecule has 0 rings (SSSR count). The minimum Gasteiger partial charge on any atom is -0.477 e. The first-order valence-electron chi connectivity index (χ1n) is 37.2. The number of carboxylic acid groups (broad SMARTS) is 1. The largest absolute Gasteiger partial charge is 0.477 e. The van der Waals surface area contributed by atoms with Crippen molar-refractivity contribution >= 4 is 17.9 Å². The molecule has 0 saturated carbocycles. The monoisotopic (exact) mass is 1310 g/mol.